The van der Waals surface area contributed by atoms with E-state index in [1.54, 1.807) is 0 Å². The summed E-state index contributed by atoms with van der Waals surface area (Å²) in [7, 11) is 0. The molecule has 0 spiro atoms. The SMILES string of the molecule is CCCCN(CC(C)C(CC1CCCCC1)NC(=O)C1CC(C(N)=O)CC(C(=O)N(CCC)CCC)C1)NC(=O)CC1CCCCC1. The third-order valence-electron chi connectivity index (χ3n) is 11.2. The zero-order valence-electron chi connectivity index (χ0n) is 30.4. The van der Waals surface area contributed by atoms with Gasteiger partial charge in [0.05, 0.1) is 0 Å². The van der Waals surface area contributed by atoms with Gasteiger partial charge >= 0.3 is 0 Å². The Bertz CT molecular complexity index is 958. The first-order chi connectivity index (χ1) is 22.6. The second-order valence-electron chi connectivity index (χ2n) is 15.4. The topological polar surface area (TPSA) is 125 Å². The van der Waals surface area contributed by atoms with Crippen molar-refractivity contribution in [3.8, 4) is 0 Å². The highest BCUT2D eigenvalue weighted by molar-refractivity contribution is 5.85. The Morgan fingerprint density at radius 1 is 0.745 bits per heavy atom. The van der Waals surface area contributed by atoms with Crippen LogP contribution in [0.4, 0.5) is 0 Å². The molecule has 5 atom stereocenters. The van der Waals surface area contributed by atoms with Crippen molar-refractivity contribution in [1.29, 1.82) is 0 Å². The van der Waals surface area contributed by atoms with Crippen LogP contribution in [0.1, 0.15) is 150 Å². The van der Waals surface area contributed by atoms with Gasteiger partial charge in [0.2, 0.25) is 23.6 Å². The molecule has 3 fully saturated rings. The summed E-state index contributed by atoms with van der Waals surface area (Å²) in [5.74, 6) is -0.399. The molecule has 0 radical (unpaired) electrons. The van der Waals surface area contributed by atoms with Gasteiger partial charge in [0, 0.05) is 56.4 Å². The number of primary amides is 1. The van der Waals surface area contributed by atoms with Gasteiger partial charge in [0.25, 0.3) is 0 Å². The van der Waals surface area contributed by atoms with E-state index in [4.69, 9.17) is 5.73 Å². The molecule has 3 saturated carbocycles. The number of unbranched alkanes of at least 4 members (excludes halogenated alkanes) is 1. The van der Waals surface area contributed by atoms with Crippen LogP contribution >= 0.6 is 0 Å². The second-order valence-corrected chi connectivity index (χ2v) is 15.4. The molecule has 3 rings (SSSR count). The van der Waals surface area contributed by atoms with Crippen molar-refractivity contribution in [2.75, 3.05) is 26.2 Å². The maximum Gasteiger partial charge on any atom is 0.234 e. The Morgan fingerprint density at radius 2 is 1.32 bits per heavy atom. The van der Waals surface area contributed by atoms with Crippen molar-refractivity contribution in [2.24, 2.45) is 41.2 Å². The van der Waals surface area contributed by atoms with Gasteiger partial charge in [-0.2, -0.15) is 0 Å². The Kier molecular flexibility index (Phi) is 17.6. The van der Waals surface area contributed by atoms with Crippen LogP contribution < -0.4 is 16.5 Å². The van der Waals surface area contributed by atoms with Crippen LogP contribution in [0.15, 0.2) is 0 Å². The van der Waals surface area contributed by atoms with Crippen molar-refractivity contribution in [3.63, 3.8) is 0 Å². The summed E-state index contributed by atoms with van der Waals surface area (Å²) < 4.78 is 0. The molecule has 0 aromatic heterocycles. The average Bonchev–Trinajstić information content (AvgIpc) is 3.07. The lowest BCUT2D eigenvalue weighted by molar-refractivity contribution is -0.141. The minimum Gasteiger partial charge on any atom is -0.369 e. The highest BCUT2D eigenvalue weighted by Gasteiger charge is 2.40. The summed E-state index contributed by atoms with van der Waals surface area (Å²) in [6.45, 7) is 11.3. The normalized spacial score (nSPS) is 24.0. The van der Waals surface area contributed by atoms with Crippen LogP contribution in [-0.4, -0.2) is 65.8 Å². The zero-order chi connectivity index (χ0) is 34.2. The lowest BCUT2D eigenvalue weighted by Gasteiger charge is -2.37. The first-order valence-electron chi connectivity index (χ1n) is 19.6. The number of nitrogens with one attached hydrogen (secondary N) is 2. The predicted molar refractivity (Wildman–Crippen MR) is 189 cm³/mol. The van der Waals surface area contributed by atoms with Crippen LogP contribution in [0, 0.1) is 35.5 Å². The molecule has 0 aromatic carbocycles. The van der Waals surface area contributed by atoms with E-state index >= 15 is 0 Å². The van der Waals surface area contributed by atoms with Crippen molar-refractivity contribution < 1.29 is 19.2 Å². The molecule has 0 heterocycles. The van der Waals surface area contributed by atoms with Gasteiger partial charge in [0.1, 0.15) is 0 Å². The smallest absolute Gasteiger partial charge is 0.234 e. The standard InChI is InChI=1S/C38H69N5O4/c1-5-8-21-43(41-35(44)23-30-17-13-10-14-18-30)27-28(4)34(22-29-15-11-9-12-16-29)40-37(46)32-24-31(36(39)45)25-33(26-32)38(47)42(19-6-2)20-7-3/h28-34H,5-27H2,1-4H3,(H2,39,45)(H,40,46)(H,41,44). The van der Waals surface area contributed by atoms with Gasteiger partial charge < -0.3 is 16.0 Å². The molecule has 3 aliphatic rings. The van der Waals surface area contributed by atoms with Crippen molar-refractivity contribution in [1.82, 2.24) is 20.7 Å². The summed E-state index contributed by atoms with van der Waals surface area (Å²) in [4.78, 5) is 55.2. The summed E-state index contributed by atoms with van der Waals surface area (Å²) >= 11 is 0. The number of rotatable bonds is 19. The predicted octanol–water partition coefficient (Wildman–Crippen LogP) is 6.35. The van der Waals surface area contributed by atoms with Gasteiger partial charge in [-0.05, 0) is 75.5 Å². The molecule has 0 bridgehead atoms. The molecule has 0 aromatic rings. The highest BCUT2D eigenvalue weighted by Crippen LogP contribution is 2.36. The van der Waals surface area contributed by atoms with Crippen LogP contribution in [-0.2, 0) is 19.2 Å². The largest absolute Gasteiger partial charge is 0.369 e. The van der Waals surface area contributed by atoms with Gasteiger partial charge in [-0.1, -0.05) is 85.5 Å². The molecule has 9 nitrogen and oxygen atoms in total. The minimum absolute atomic E-state index is 0.0511. The monoisotopic (exact) mass is 660 g/mol. The molecule has 9 heteroatoms. The van der Waals surface area contributed by atoms with Crippen LogP contribution in [0.5, 0.6) is 0 Å². The lowest BCUT2D eigenvalue weighted by atomic mass is 9.73. The molecule has 0 saturated heterocycles. The minimum atomic E-state index is -0.475. The molecule has 4 amide bonds. The third-order valence-corrected chi connectivity index (χ3v) is 11.2. The van der Waals surface area contributed by atoms with E-state index in [1.807, 2.05) is 4.90 Å². The Labute approximate surface area is 286 Å². The van der Waals surface area contributed by atoms with Crippen LogP contribution in [0.2, 0.25) is 0 Å². The number of carbonyl (C=O) groups excluding carboxylic acids is 4. The quantitative estimate of drug-likeness (QED) is 0.140. The number of amides is 4. The van der Waals surface area contributed by atoms with E-state index in [0.717, 1.165) is 51.5 Å². The van der Waals surface area contributed by atoms with Crippen LogP contribution in [0.3, 0.4) is 0 Å². The second kappa shape index (κ2) is 21.0. The van der Waals surface area contributed by atoms with E-state index in [0.29, 0.717) is 57.2 Å². The van der Waals surface area contributed by atoms with E-state index in [2.05, 4.69) is 43.4 Å². The third kappa shape index (κ3) is 13.3. The fourth-order valence-electron chi connectivity index (χ4n) is 8.51. The van der Waals surface area contributed by atoms with Gasteiger partial charge in [-0.3, -0.25) is 24.6 Å². The highest BCUT2D eigenvalue weighted by atomic mass is 16.2. The maximum atomic E-state index is 14.1. The summed E-state index contributed by atoms with van der Waals surface area (Å²) in [6, 6.07) is -0.0511. The molecule has 47 heavy (non-hydrogen) atoms. The van der Waals surface area contributed by atoms with E-state index in [-0.39, 0.29) is 35.6 Å². The number of hydrazine groups is 1. The number of carbonyl (C=O) groups is 4. The fraction of sp³-hybridized carbons (Fsp3) is 0.895. The summed E-state index contributed by atoms with van der Waals surface area (Å²) in [5, 5.41) is 5.56. The number of hydrogen-bond donors (Lipinski definition) is 3. The molecule has 270 valence electrons. The fourth-order valence-corrected chi connectivity index (χ4v) is 8.51. The van der Waals surface area contributed by atoms with E-state index in [9.17, 15) is 19.2 Å². The first kappa shape index (κ1) is 39.3. The molecule has 0 aliphatic heterocycles. The van der Waals surface area contributed by atoms with Crippen molar-refractivity contribution in [2.45, 2.75) is 156 Å². The van der Waals surface area contributed by atoms with Gasteiger partial charge in [-0.15, -0.1) is 0 Å². The molecule has 3 aliphatic carbocycles. The maximum absolute atomic E-state index is 14.1. The first-order valence-corrected chi connectivity index (χ1v) is 19.6. The molecule has 4 N–H and O–H groups in total. The van der Waals surface area contributed by atoms with Crippen LogP contribution in [0.25, 0.3) is 0 Å². The Morgan fingerprint density at radius 3 is 1.89 bits per heavy atom. The summed E-state index contributed by atoms with van der Waals surface area (Å²) in [5.41, 5.74) is 9.08. The Hall–Kier alpha value is -2.16. The summed E-state index contributed by atoms with van der Waals surface area (Å²) in [6.07, 6.45) is 18.7. The van der Waals surface area contributed by atoms with E-state index in [1.165, 1.54) is 51.4 Å². The van der Waals surface area contributed by atoms with Gasteiger partial charge in [0.15, 0.2) is 0 Å². The number of hydrogen-bond acceptors (Lipinski definition) is 5. The number of nitrogens with zero attached hydrogens (tertiary/aromatic N) is 2. The molecular formula is C38H69N5O4. The number of nitrogens with two attached hydrogens (primary N) is 1. The zero-order valence-corrected chi connectivity index (χ0v) is 30.4. The molecule has 5 unspecified atom stereocenters. The van der Waals surface area contributed by atoms with Crippen molar-refractivity contribution in [3.05, 3.63) is 0 Å². The molecular weight excluding hydrogens is 590 g/mol. The lowest BCUT2D eigenvalue weighted by Crippen LogP contribution is -2.52. The Balaban J connectivity index is 1.73. The van der Waals surface area contributed by atoms with E-state index < -0.39 is 17.7 Å². The van der Waals surface area contributed by atoms with Gasteiger partial charge in [-0.25, -0.2) is 5.01 Å². The van der Waals surface area contributed by atoms with Crippen molar-refractivity contribution >= 4 is 23.6 Å². The average molecular weight is 660 g/mol.